The molecule has 6 unspecified atom stereocenters. The molecule has 0 aliphatic heterocycles. The molecule has 0 amide bonds. The van der Waals surface area contributed by atoms with Crippen LogP contribution in [-0.4, -0.2) is 17.3 Å². The molecule has 1 aliphatic carbocycles. The number of carbonyl (C=O) groups is 3. The molecular formula is C39H48O3. The van der Waals surface area contributed by atoms with Crippen molar-refractivity contribution in [3.63, 3.8) is 0 Å². The topological polar surface area (TPSA) is 51.2 Å². The van der Waals surface area contributed by atoms with Crippen LogP contribution in [-0.2, 0) is 14.4 Å². The zero-order chi connectivity index (χ0) is 30.4. The van der Waals surface area contributed by atoms with E-state index in [9.17, 15) is 9.59 Å². The molecule has 1 saturated carbocycles. The maximum absolute atomic E-state index is 15.4. The first-order valence-electron chi connectivity index (χ1n) is 15.8. The van der Waals surface area contributed by atoms with Crippen molar-refractivity contribution in [1.82, 2.24) is 0 Å². The zero-order valence-corrected chi connectivity index (χ0v) is 26.2. The van der Waals surface area contributed by atoms with Crippen LogP contribution in [0.2, 0.25) is 0 Å². The van der Waals surface area contributed by atoms with Gasteiger partial charge in [0.2, 0.25) is 0 Å². The molecule has 4 rings (SSSR count). The van der Waals surface area contributed by atoms with Gasteiger partial charge in [0.1, 0.15) is 17.3 Å². The molecule has 0 aromatic heterocycles. The number of rotatable bonds is 12. The van der Waals surface area contributed by atoms with Gasteiger partial charge in [0.05, 0.1) is 5.92 Å². The highest BCUT2D eigenvalue weighted by atomic mass is 16.1. The Morgan fingerprint density at radius 1 is 0.714 bits per heavy atom. The van der Waals surface area contributed by atoms with Crippen LogP contribution >= 0.6 is 0 Å². The van der Waals surface area contributed by atoms with Crippen molar-refractivity contribution >= 4 is 17.3 Å². The van der Waals surface area contributed by atoms with Crippen LogP contribution in [0.5, 0.6) is 0 Å². The SMILES string of the molecule is CC(C)CC(=O)C(c1ccccc1)C(CC(C)C)C(=O)C1C(c2ccccc2)CC(=O)C(C(C)C)C1c1ccccc1. The van der Waals surface area contributed by atoms with Gasteiger partial charge >= 0.3 is 0 Å². The average Bonchev–Trinajstić information content (AvgIpc) is 2.96. The van der Waals surface area contributed by atoms with E-state index in [4.69, 9.17) is 0 Å². The first-order chi connectivity index (χ1) is 20.1. The fourth-order valence-electron chi connectivity index (χ4n) is 7.43. The molecule has 0 saturated heterocycles. The van der Waals surface area contributed by atoms with Crippen LogP contribution < -0.4 is 0 Å². The Kier molecular flexibility index (Phi) is 10.7. The molecule has 3 aromatic rings. The van der Waals surface area contributed by atoms with Gasteiger partial charge in [-0.25, -0.2) is 0 Å². The Hall–Kier alpha value is -3.33. The Labute approximate surface area is 253 Å². The summed E-state index contributed by atoms with van der Waals surface area (Å²) in [5.41, 5.74) is 2.99. The standard InChI is InChI=1S/C39H48O3/c1-25(2)22-32(36(33(40)23-26(3)4)29-18-12-8-13-19-29)39(42)38-31(28-16-10-7-11-17-28)24-34(41)35(27(5)6)37(38)30-20-14-9-15-21-30/h7-21,25-27,31-32,35-38H,22-24H2,1-6H3. The van der Waals surface area contributed by atoms with Gasteiger partial charge in [0.15, 0.2) is 0 Å². The Balaban J connectivity index is 1.94. The third-order valence-electron chi connectivity index (χ3n) is 9.07. The van der Waals surface area contributed by atoms with Crippen LogP contribution in [0.4, 0.5) is 0 Å². The van der Waals surface area contributed by atoms with Crippen LogP contribution in [0.1, 0.15) is 95.2 Å². The van der Waals surface area contributed by atoms with E-state index >= 15 is 4.79 Å². The molecule has 3 heteroatoms. The van der Waals surface area contributed by atoms with Crippen molar-refractivity contribution in [1.29, 1.82) is 0 Å². The van der Waals surface area contributed by atoms with E-state index in [0.717, 1.165) is 16.7 Å². The summed E-state index contributed by atoms with van der Waals surface area (Å²) in [6.45, 7) is 12.6. The van der Waals surface area contributed by atoms with Crippen molar-refractivity contribution in [3.05, 3.63) is 108 Å². The highest BCUT2D eigenvalue weighted by Gasteiger charge is 2.52. The molecule has 0 radical (unpaired) electrons. The molecule has 1 aliphatic rings. The van der Waals surface area contributed by atoms with Gasteiger partial charge in [-0.2, -0.15) is 0 Å². The molecule has 222 valence electrons. The number of Topliss-reactive ketones (excluding diaryl/α,β-unsaturated/α-hetero) is 3. The van der Waals surface area contributed by atoms with Crippen LogP contribution in [0.3, 0.4) is 0 Å². The maximum Gasteiger partial charge on any atom is 0.141 e. The summed E-state index contributed by atoms with van der Waals surface area (Å²) in [6, 6.07) is 30.2. The molecular weight excluding hydrogens is 516 g/mol. The normalized spacial score (nSPS) is 22.4. The lowest BCUT2D eigenvalue weighted by molar-refractivity contribution is -0.139. The molecule has 6 atom stereocenters. The minimum absolute atomic E-state index is 0.0887. The molecule has 1 fully saturated rings. The van der Waals surface area contributed by atoms with Gasteiger partial charge in [-0.3, -0.25) is 14.4 Å². The summed E-state index contributed by atoms with van der Waals surface area (Å²) in [5, 5.41) is 0. The predicted octanol–water partition coefficient (Wildman–Crippen LogP) is 9.05. The van der Waals surface area contributed by atoms with E-state index in [1.807, 2.05) is 66.7 Å². The Bertz CT molecular complexity index is 1310. The molecule has 0 bridgehead atoms. The van der Waals surface area contributed by atoms with Crippen molar-refractivity contribution in [2.75, 3.05) is 0 Å². The molecule has 0 N–H and O–H groups in total. The third-order valence-corrected chi connectivity index (χ3v) is 9.07. The van der Waals surface area contributed by atoms with Crippen LogP contribution in [0, 0.1) is 35.5 Å². The second kappa shape index (κ2) is 14.2. The van der Waals surface area contributed by atoms with E-state index in [2.05, 4.69) is 65.8 Å². The summed E-state index contributed by atoms with van der Waals surface area (Å²) in [5.74, 6) is -1.13. The molecule has 3 nitrogen and oxygen atoms in total. The van der Waals surface area contributed by atoms with Crippen molar-refractivity contribution in [2.24, 2.45) is 35.5 Å². The first-order valence-corrected chi connectivity index (χ1v) is 15.8. The number of ketones is 3. The van der Waals surface area contributed by atoms with E-state index in [1.54, 1.807) is 0 Å². The van der Waals surface area contributed by atoms with E-state index < -0.39 is 17.8 Å². The summed E-state index contributed by atoms with van der Waals surface area (Å²) in [4.78, 5) is 43.4. The van der Waals surface area contributed by atoms with E-state index in [-0.39, 0.29) is 52.9 Å². The smallest absolute Gasteiger partial charge is 0.141 e. The highest BCUT2D eigenvalue weighted by molar-refractivity contribution is 5.97. The largest absolute Gasteiger partial charge is 0.299 e. The minimum Gasteiger partial charge on any atom is -0.299 e. The number of hydrogen-bond acceptors (Lipinski definition) is 3. The van der Waals surface area contributed by atoms with Crippen LogP contribution in [0.25, 0.3) is 0 Å². The minimum atomic E-state index is -0.508. The van der Waals surface area contributed by atoms with Crippen LogP contribution in [0.15, 0.2) is 91.0 Å². The van der Waals surface area contributed by atoms with Gasteiger partial charge in [0, 0.05) is 42.4 Å². The molecule has 0 spiro atoms. The number of benzene rings is 3. The highest BCUT2D eigenvalue weighted by Crippen LogP contribution is 2.52. The van der Waals surface area contributed by atoms with Crippen molar-refractivity contribution < 1.29 is 14.4 Å². The van der Waals surface area contributed by atoms with Gasteiger partial charge in [-0.1, -0.05) is 133 Å². The van der Waals surface area contributed by atoms with Gasteiger partial charge in [-0.15, -0.1) is 0 Å². The zero-order valence-electron chi connectivity index (χ0n) is 26.2. The molecule has 42 heavy (non-hydrogen) atoms. The summed E-state index contributed by atoms with van der Waals surface area (Å²) >= 11 is 0. The van der Waals surface area contributed by atoms with Crippen molar-refractivity contribution in [2.45, 2.75) is 78.6 Å². The van der Waals surface area contributed by atoms with Gasteiger partial charge in [0.25, 0.3) is 0 Å². The molecule has 0 heterocycles. The monoisotopic (exact) mass is 564 g/mol. The number of hydrogen-bond donors (Lipinski definition) is 0. The second-order valence-corrected chi connectivity index (χ2v) is 13.5. The summed E-state index contributed by atoms with van der Waals surface area (Å²) in [6.07, 6.45) is 1.41. The lowest BCUT2D eigenvalue weighted by Gasteiger charge is -2.45. The first kappa shape index (κ1) is 31.6. The lowest BCUT2D eigenvalue weighted by atomic mass is 9.56. The Morgan fingerprint density at radius 3 is 1.74 bits per heavy atom. The van der Waals surface area contributed by atoms with E-state index in [0.29, 0.717) is 19.3 Å². The van der Waals surface area contributed by atoms with Gasteiger partial charge < -0.3 is 0 Å². The van der Waals surface area contributed by atoms with Gasteiger partial charge in [-0.05, 0) is 40.9 Å². The maximum atomic E-state index is 15.4. The lowest BCUT2D eigenvalue weighted by Crippen LogP contribution is -2.47. The fourth-order valence-corrected chi connectivity index (χ4v) is 7.43. The van der Waals surface area contributed by atoms with Crippen molar-refractivity contribution in [3.8, 4) is 0 Å². The fraction of sp³-hybridized carbons (Fsp3) is 0.462. The third kappa shape index (κ3) is 7.17. The number of carbonyl (C=O) groups excluding carboxylic acids is 3. The summed E-state index contributed by atoms with van der Waals surface area (Å²) in [7, 11) is 0. The average molecular weight is 565 g/mol. The predicted molar refractivity (Wildman–Crippen MR) is 171 cm³/mol. The second-order valence-electron chi connectivity index (χ2n) is 13.5. The van der Waals surface area contributed by atoms with E-state index in [1.165, 1.54) is 0 Å². The Morgan fingerprint density at radius 2 is 1.24 bits per heavy atom. The molecule has 3 aromatic carbocycles. The summed E-state index contributed by atoms with van der Waals surface area (Å²) < 4.78 is 0. The quantitative estimate of drug-likeness (QED) is 0.220.